The van der Waals surface area contributed by atoms with Crippen molar-refractivity contribution in [1.29, 1.82) is 5.26 Å². The smallest absolute Gasteiger partial charge is 0.136 e. The van der Waals surface area contributed by atoms with E-state index in [1.54, 1.807) is 0 Å². The molecule has 2 aliphatic heterocycles. The molecule has 4 heteroatoms. The van der Waals surface area contributed by atoms with E-state index in [-0.39, 0.29) is 5.92 Å². The van der Waals surface area contributed by atoms with E-state index >= 15 is 0 Å². The van der Waals surface area contributed by atoms with Gasteiger partial charge in [0.25, 0.3) is 0 Å². The fourth-order valence-electron chi connectivity index (χ4n) is 3.07. The molecule has 2 unspecified atom stereocenters. The third kappa shape index (κ3) is 3.09. The molecule has 0 N–H and O–H groups in total. The Kier molecular flexibility index (Phi) is 4.73. The topological polar surface area (TPSA) is 53.3 Å². The van der Waals surface area contributed by atoms with Crippen LogP contribution in [0.15, 0.2) is 0 Å². The number of rotatable bonds is 5. The number of likely N-dealkylation sites (N-methyl/N-ethyl adjacent to an activating group) is 1. The highest BCUT2D eigenvalue weighted by atomic mass is 16.5. The average molecular weight is 250 g/mol. The number of Topliss-reactive ketones (excluding diaryl/α,β-unsaturated/α-hetero) is 1. The minimum atomic E-state index is 0.224. The molecule has 2 fully saturated rings. The van der Waals surface area contributed by atoms with Gasteiger partial charge in [-0.25, -0.2) is 0 Å². The van der Waals surface area contributed by atoms with Crippen LogP contribution in [0, 0.1) is 17.2 Å². The minimum absolute atomic E-state index is 0.224. The van der Waals surface area contributed by atoms with Crippen molar-refractivity contribution in [2.75, 3.05) is 20.3 Å². The SMILES string of the molecule is CN1C2COCC1CC(C(=O)CCCCC#N)C2. The Morgan fingerprint density at radius 2 is 2.00 bits per heavy atom. The molecule has 2 aliphatic rings. The molecule has 2 heterocycles. The van der Waals surface area contributed by atoms with Crippen molar-refractivity contribution in [2.45, 2.75) is 50.6 Å². The summed E-state index contributed by atoms with van der Waals surface area (Å²) in [6, 6.07) is 2.97. The Morgan fingerprint density at radius 3 is 2.61 bits per heavy atom. The van der Waals surface area contributed by atoms with Gasteiger partial charge in [0.2, 0.25) is 0 Å². The number of nitrogens with zero attached hydrogens (tertiary/aromatic N) is 2. The molecule has 0 amide bonds. The molecule has 4 nitrogen and oxygen atoms in total. The van der Waals surface area contributed by atoms with Gasteiger partial charge < -0.3 is 4.74 Å². The van der Waals surface area contributed by atoms with Gasteiger partial charge in [0.05, 0.1) is 19.3 Å². The average Bonchev–Trinajstić information content (AvgIpc) is 2.34. The van der Waals surface area contributed by atoms with E-state index in [0.717, 1.165) is 38.9 Å². The van der Waals surface area contributed by atoms with Crippen LogP contribution in [-0.2, 0) is 9.53 Å². The molecule has 18 heavy (non-hydrogen) atoms. The number of morpholine rings is 1. The molecule has 0 aliphatic carbocycles. The van der Waals surface area contributed by atoms with Crippen LogP contribution < -0.4 is 0 Å². The summed E-state index contributed by atoms with van der Waals surface area (Å²) in [4.78, 5) is 14.5. The van der Waals surface area contributed by atoms with Crippen LogP contribution in [0.3, 0.4) is 0 Å². The number of ether oxygens (including phenoxy) is 1. The number of hydrogen-bond donors (Lipinski definition) is 0. The van der Waals surface area contributed by atoms with E-state index in [1.807, 2.05) is 0 Å². The monoisotopic (exact) mass is 250 g/mol. The number of hydrogen-bond acceptors (Lipinski definition) is 4. The number of ketones is 1. The molecule has 2 saturated heterocycles. The third-order valence-electron chi connectivity index (χ3n) is 4.30. The van der Waals surface area contributed by atoms with Crippen LogP contribution in [0.1, 0.15) is 38.5 Å². The molecular formula is C14H22N2O2. The van der Waals surface area contributed by atoms with Crippen molar-refractivity contribution in [3.05, 3.63) is 0 Å². The van der Waals surface area contributed by atoms with Gasteiger partial charge in [-0.05, 0) is 32.7 Å². The van der Waals surface area contributed by atoms with Crippen molar-refractivity contribution in [1.82, 2.24) is 4.90 Å². The zero-order valence-electron chi connectivity index (χ0n) is 11.1. The van der Waals surface area contributed by atoms with E-state index < -0.39 is 0 Å². The first-order chi connectivity index (χ1) is 8.72. The van der Waals surface area contributed by atoms with E-state index in [9.17, 15) is 4.79 Å². The predicted octanol–water partition coefficient (Wildman–Crippen LogP) is 1.75. The predicted molar refractivity (Wildman–Crippen MR) is 68.0 cm³/mol. The lowest BCUT2D eigenvalue weighted by Crippen LogP contribution is -2.55. The lowest BCUT2D eigenvalue weighted by atomic mass is 9.81. The van der Waals surface area contributed by atoms with E-state index in [1.165, 1.54) is 0 Å². The van der Waals surface area contributed by atoms with Crippen LogP contribution in [0.2, 0.25) is 0 Å². The second-order valence-electron chi connectivity index (χ2n) is 5.51. The van der Waals surface area contributed by atoms with Gasteiger partial charge in [-0.2, -0.15) is 5.26 Å². The number of unbranched alkanes of at least 4 members (excludes halogenated alkanes) is 2. The number of fused-ring (bicyclic) bond motifs is 2. The Morgan fingerprint density at radius 1 is 1.33 bits per heavy atom. The van der Waals surface area contributed by atoms with Gasteiger partial charge in [-0.3, -0.25) is 9.69 Å². The van der Waals surface area contributed by atoms with Gasteiger partial charge in [-0.1, -0.05) is 0 Å². The molecule has 100 valence electrons. The first-order valence-corrected chi connectivity index (χ1v) is 6.91. The van der Waals surface area contributed by atoms with E-state index in [2.05, 4.69) is 18.0 Å². The van der Waals surface area contributed by atoms with Gasteiger partial charge in [-0.15, -0.1) is 0 Å². The highest BCUT2D eigenvalue weighted by Gasteiger charge is 2.38. The summed E-state index contributed by atoms with van der Waals surface area (Å²) >= 11 is 0. The molecule has 0 saturated carbocycles. The third-order valence-corrected chi connectivity index (χ3v) is 4.30. The Labute approximate surface area is 109 Å². The zero-order chi connectivity index (χ0) is 13.0. The second kappa shape index (κ2) is 6.31. The fraction of sp³-hybridized carbons (Fsp3) is 0.857. The van der Waals surface area contributed by atoms with Crippen molar-refractivity contribution in [3.63, 3.8) is 0 Å². The molecule has 0 aromatic carbocycles. The van der Waals surface area contributed by atoms with Crippen molar-refractivity contribution >= 4 is 5.78 Å². The molecule has 2 atom stereocenters. The van der Waals surface area contributed by atoms with Crippen LogP contribution >= 0.6 is 0 Å². The summed E-state index contributed by atoms with van der Waals surface area (Å²) < 4.78 is 5.56. The molecule has 2 rings (SSSR count). The number of nitriles is 1. The first-order valence-electron chi connectivity index (χ1n) is 6.91. The maximum absolute atomic E-state index is 12.2. The Hall–Kier alpha value is -0.920. The largest absolute Gasteiger partial charge is 0.378 e. The maximum Gasteiger partial charge on any atom is 0.136 e. The summed E-state index contributed by atoms with van der Waals surface area (Å²) in [5.74, 6) is 0.625. The van der Waals surface area contributed by atoms with E-state index in [0.29, 0.717) is 30.7 Å². The highest BCUT2D eigenvalue weighted by molar-refractivity contribution is 5.81. The summed E-state index contributed by atoms with van der Waals surface area (Å²) in [5.41, 5.74) is 0. The lowest BCUT2D eigenvalue weighted by molar-refractivity contribution is -0.131. The fourth-order valence-corrected chi connectivity index (χ4v) is 3.07. The van der Waals surface area contributed by atoms with Crippen LogP contribution in [0.25, 0.3) is 0 Å². The van der Waals surface area contributed by atoms with Crippen LogP contribution in [0.5, 0.6) is 0 Å². The van der Waals surface area contributed by atoms with Crippen molar-refractivity contribution in [3.8, 4) is 6.07 Å². The lowest BCUT2D eigenvalue weighted by Gasteiger charge is -2.46. The molecule has 0 radical (unpaired) electrons. The molecule has 2 bridgehead atoms. The summed E-state index contributed by atoms with van der Waals surface area (Å²) in [6.45, 7) is 1.54. The van der Waals surface area contributed by atoms with Gasteiger partial charge in [0.15, 0.2) is 0 Å². The number of carbonyl (C=O) groups is 1. The first kappa shape index (κ1) is 13.5. The van der Waals surface area contributed by atoms with E-state index in [4.69, 9.17) is 10.00 Å². The summed E-state index contributed by atoms with van der Waals surface area (Å²) in [6.07, 6.45) is 4.83. The van der Waals surface area contributed by atoms with Crippen molar-refractivity contribution < 1.29 is 9.53 Å². The number of carbonyl (C=O) groups excluding carboxylic acids is 1. The zero-order valence-corrected chi connectivity index (χ0v) is 11.1. The Balaban J connectivity index is 1.79. The van der Waals surface area contributed by atoms with Crippen LogP contribution in [-0.4, -0.2) is 43.0 Å². The maximum atomic E-state index is 12.2. The second-order valence-corrected chi connectivity index (χ2v) is 5.51. The van der Waals surface area contributed by atoms with Gasteiger partial charge in [0.1, 0.15) is 5.78 Å². The van der Waals surface area contributed by atoms with Gasteiger partial charge in [0, 0.05) is 30.8 Å². The molecule has 0 aromatic heterocycles. The standard InChI is InChI=1S/C14H22N2O2/c1-16-12-7-11(8-13(16)10-18-9-12)14(17)5-3-2-4-6-15/h11-13H,2-5,7-10H2,1H3. The Bertz CT molecular complexity index is 323. The number of piperidine rings is 1. The molecule has 0 aromatic rings. The summed E-state index contributed by atoms with van der Waals surface area (Å²) in [5, 5.41) is 8.46. The van der Waals surface area contributed by atoms with Crippen LogP contribution in [0.4, 0.5) is 0 Å². The molecule has 0 spiro atoms. The van der Waals surface area contributed by atoms with Gasteiger partial charge >= 0.3 is 0 Å². The summed E-state index contributed by atoms with van der Waals surface area (Å²) in [7, 11) is 2.14. The quantitative estimate of drug-likeness (QED) is 0.698. The normalized spacial score (nSPS) is 31.9. The minimum Gasteiger partial charge on any atom is -0.378 e. The molecular weight excluding hydrogens is 228 g/mol. The van der Waals surface area contributed by atoms with Crippen molar-refractivity contribution in [2.24, 2.45) is 5.92 Å². The highest BCUT2D eigenvalue weighted by Crippen LogP contribution is 2.31.